The van der Waals surface area contributed by atoms with E-state index in [0.717, 1.165) is 0 Å². The Morgan fingerprint density at radius 1 is 1.25 bits per heavy atom. The highest BCUT2D eigenvalue weighted by Gasteiger charge is 2.08. The van der Waals surface area contributed by atoms with Crippen molar-refractivity contribution in [2.75, 3.05) is 0 Å². The molecule has 0 heterocycles. The van der Waals surface area contributed by atoms with Gasteiger partial charge < -0.3 is 0 Å². The average molecular weight is 182 g/mol. The summed E-state index contributed by atoms with van der Waals surface area (Å²) < 4.78 is 0. The molecule has 0 nitrogen and oxygen atoms in total. The zero-order valence-corrected chi connectivity index (χ0v) is 8.97. The second kappa shape index (κ2) is 4.76. The molecule has 0 amide bonds. The van der Waals surface area contributed by atoms with Crippen LogP contribution >= 0.6 is 11.8 Å². The lowest BCUT2D eigenvalue weighted by atomic mass is 10.2. The molecule has 0 unspecified atom stereocenters. The van der Waals surface area contributed by atoms with Gasteiger partial charge in [0.2, 0.25) is 0 Å². The van der Waals surface area contributed by atoms with Crippen LogP contribution in [0.4, 0.5) is 0 Å². The van der Waals surface area contributed by atoms with Crippen molar-refractivity contribution in [1.29, 1.82) is 0 Å². The lowest BCUT2D eigenvalue weighted by molar-refractivity contribution is 0.710. The van der Waals surface area contributed by atoms with Gasteiger partial charge >= 0.3 is 0 Å². The van der Waals surface area contributed by atoms with E-state index in [1.54, 1.807) is 10.5 Å². The quantitative estimate of drug-likeness (QED) is 0.606. The molecule has 68 valence electrons. The van der Waals surface area contributed by atoms with Crippen molar-refractivity contribution < 1.29 is 0 Å². The fraction of sp³-hybridized carbons (Fsp3) is 0.636. The maximum absolute atomic E-state index is 3.94. The lowest BCUT2D eigenvalue weighted by Gasteiger charge is -2.07. The first-order valence-corrected chi connectivity index (χ1v) is 5.54. The number of rotatable bonds is 2. The first-order chi connectivity index (χ1) is 5.70. The van der Waals surface area contributed by atoms with Crippen LogP contribution in [0.1, 0.15) is 46.0 Å². The van der Waals surface area contributed by atoms with E-state index in [2.05, 4.69) is 20.4 Å². The van der Waals surface area contributed by atoms with E-state index in [1.165, 1.54) is 37.0 Å². The van der Waals surface area contributed by atoms with Gasteiger partial charge in [0.05, 0.1) is 0 Å². The van der Waals surface area contributed by atoms with Gasteiger partial charge in [-0.3, -0.25) is 0 Å². The van der Waals surface area contributed by atoms with Crippen LogP contribution in [0.3, 0.4) is 0 Å². The zero-order valence-electron chi connectivity index (χ0n) is 8.15. The molecule has 0 aromatic heterocycles. The Bertz CT molecular complexity index is 201. The van der Waals surface area contributed by atoms with Gasteiger partial charge in [-0.2, -0.15) is 0 Å². The molecule has 0 aromatic carbocycles. The Morgan fingerprint density at radius 2 is 1.92 bits per heavy atom. The van der Waals surface area contributed by atoms with E-state index in [9.17, 15) is 0 Å². The van der Waals surface area contributed by atoms with E-state index < -0.39 is 0 Å². The minimum atomic E-state index is 1.23. The first kappa shape index (κ1) is 9.91. The van der Waals surface area contributed by atoms with Gasteiger partial charge in [-0.25, -0.2) is 0 Å². The highest BCUT2D eigenvalue weighted by Crippen LogP contribution is 2.34. The Labute approximate surface area is 80.1 Å². The van der Waals surface area contributed by atoms with E-state index in [1.807, 2.05) is 11.8 Å². The summed E-state index contributed by atoms with van der Waals surface area (Å²) in [5, 5.41) is 0. The summed E-state index contributed by atoms with van der Waals surface area (Å²) in [4.78, 5) is 2.81. The van der Waals surface area contributed by atoms with Gasteiger partial charge in [-0.1, -0.05) is 30.3 Å². The largest absolute Gasteiger partial charge is 0.1000 e. The standard InChI is InChI=1S/C11H18S/c1-9(2)12-11-8-6-4-5-7-10(11)3/h1,4-8H2,2-3H3. The van der Waals surface area contributed by atoms with E-state index in [-0.39, 0.29) is 0 Å². The molecule has 0 aromatic rings. The third kappa shape index (κ3) is 3.06. The molecule has 12 heavy (non-hydrogen) atoms. The zero-order chi connectivity index (χ0) is 8.97. The van der Waals surface area contributed by atoms with Crippen molar-refractivity contribution in [3.05, 3.63) is 22.0 Å². The summed E-state index contributed by atoms with van der Waals surface area (Å²) in [5.74, 6) is 0. The minimum absolute atomic E-state index is 1.23. The molecule has 1 aliphatic carbocycles. The molecule has 0 radical (unpaired) electrons. The molecule has 0 aliphatic heterocycles. The third-order valence-corrected chi connectivity index (χ3v) is 3.38. The summed E-state index contributed by atoms with van der Waals surface area (Å²) in [5.41, 5.74) is 1.60. The van der Waals surface area contributed by atoms with Gasteiger partial charge in [0.15, 0.2) is 0 Å². The van der Waals surface area contributed by atoms with Gasteiger partial charge in [-0.05, 0) is 49.3 Å². The SMILES string of the molecule is C=C(C)SC1=C(C)CCCCC1. The maximum Gasteiger partial charge on any atom is -0.0117 e. The third-order valence-electron chi connectivity index (χ3n) is 2.23. The molecule has 0 atom stereocenters. The van der Waals surface area contributed by atoms with Crippen molar-refractivity contribution in [3.63, 3.8) is 0 Å². The molecule has 1 heteroatoms. The number of allylic oxidation sites excluding steroid dienone is 3. The monoisotopic (exact) mass is 182 g/mol. The molecule has 0 saturated carbocycles. The van der Waals surface area contributed by atoms with Gasteiger partial charge in [-0.15, -0.1) is 0 Å². The van der Waals surface area contributed by atoms with Crippen LogP contribution in [0.25, 0.3) is 0 Å². The molecule has 0 bridgehead atoms. The lowest BCUT2D eigenvalue weighted by Crippen LogP contribution is -1.81. The number of hydrogen-bond donors (Lipinski definition) is 0. The molecule has 0 spiro atoms. The summed E-state index contributed by atoms with van der Waals surface area (Å²) in [6.45, 7) is 8.31. The maximum atomic E-state index is 3.94. The van der Waals surface area contributed by atoms with Crippen molar-refractivity contribution in [3.8, 4) is 0 Å². The average Bonchev–Trinajstić information content (AvgIpc) is 2.16. The summed E-state index contributed by atoms with van der Waals surface area (Å²) in [6.07, 6.45) is 6.73. The smallest absolute Gasteiger partial charge is 0.0117 e. The Morgan fingerprint density at radius 3 is 2.58 bits per heavy atom. The topological polar surface area (TPSA) is 0 Å². The number of thioether (sulfide) groups is 1. The Balaban J connectivity index is 2.61. The molecule has 1 rings (SSSR count). The van der Waals surface area contributed by atoms with Crippen molar-refractivity contribution in [2.45, 2.75) is 46.0 Å². The summed E-state index contributed by atoms with van der Waals surface area (Å²) >= 11 is 1.88. The van der Waals surface area contributed by atoms with Crippen molar-refractivity contribution >= 4 is 11.8 Å². The molecular weight excluding hydrogens is 164 g/mol. The van der Waals surface area contributed by atoms with Crippen LogP contribution in [0.15, 0.2) is 22.0 Å². The first-order valence-electron chi connectivity index (χ1n) is 4.72. The van der Waals surface area contributed by atoms with Crippen LogP contribution in [-0.4, -0.2) is 0 Å². The summed E-state index contributed by atoms with van der Waals surface area (Å²) in [7, 11) is 0. The minimum Gasteiger partial charge on any atom is -0.1000 e. The second-order valence-electron chi connectivity index (χ2n) is 3.57. The van der Waals surface area contributed by atoms with Gasteiger partial charge in [0.1, 0.15) is 0 Å². The molecule has 0 fully saturated rings. The van der Waals surface area contributed by atoms with E-state index >= 15 is 0 Å². The molecule has 1 aliphatic rings. The Kier molecular flexibility index (Phi) is 3.93. The van der Waals surface area contributed by atoms with Crippen LogP contribution in [-0.2, 0) is 0 Å². The van der Waals surface area contributed by atoms with Crippen LogP contribution in [0, 0.1) is 0 Å². The predicted octanol–water partition coefficient (Wildman–Crippen LogP) is 4.49. The van der Waals surface area contributed by atoms with Crippen molar-refractivity contribution in [1.82, 2.24) is 0 Å². The fourth-order valence-corrected chi connectivity index (χ4v) is 2.50. The van der Waals surface area contributed by atoms with Crippen LogP contribution in [0.2, 0.25) is 0 Å². The van der Waals surface area contributed by atoms with E-state index in [0.29, 0.717) is 0 Å². The normalized spacial score (nSPS) is 19.2. The predicted molar refractivity (Wildman–Crippen MR) is 58.2 cm³/mol. The van der Waals surface area contributed by atoms with Gasteiger partial charge in [0.25, 0.3) is 0 Å². The highest BCUT2D eigenvalue weighted by molar-refractivity contribution is 8.06. The fourth-order valence-electron chi connectivity index (χ4n) is 1.55. The molecular formula is C11H18S. The van der Waals surface area contributed by atoms with Crippen LogP contribution in [0.5, 0.6) is 0 Å². The molecule has 0 N–H and O–H groups in total. The van der Waals surface area contributed by atoms with E-state index in [4.69, 9.17) is 0 Å². The van der Waals surface area contributed by atoms with Gasteiger partial charge in [0, 0.05) is 0 Å². The summed E-state index contributed by atoms with van der Waals surface area (Å²) in [6, 6.07) is 0. The highest BCUT2D eigenvalue weighted by atomic mass is 32.2. The number of hydrogen-bond acceptors (Lipinski definition) is 1. The Hall–Kier alpha value is -0.170. The van der Waals surface area contributed by atoms with Crippen molar-refractivity contribution in [2.24, 2.45) is 0 Å². The van der Waals surface area contributed by atoms with Crippen LogP contribution < -0.4 is 0 Å². The molecule has 0 saturated heterocycles. The second-order valence-corrected chi connectivity index (χ2v) is 4.96.